The maximum atomic E-state index is 12.6. The summed E-state index contributed by atoms with van der Waals surface area (Å²) in [6, 6.07) is 13.6. The Balaban J connectivity index is 1.34. The third kappa shape index (κ3) is 3.15. The number of carbonyl (C=O) groups is 2. The Kier molecular flexibility index (Phi) is 4.55. The number of hydrogen-bond donors (Lipinski definition) is 1. The molecule has 4 rings (SSSR count). The number of benzene rings is 1. The maximum absolute atomic E-state index is 12.6. The molecular formula is C21H23N3O2. The summed E-state index contributed by atoms with van der Waals surface area (Å²) in [7, 11) is 0. The van der Waals surface area contributed by atoms with E-state index in [-0.39, 0.29) is 17.9 Å². The van der Waals surface area contributed by atoms with Gasteiger partial charge in [-0.25, -0.2) is 0 Å². The number of rotatable bonds is 4. The smallest absolute Gasteiger partial charge is 0.261 e. The molecule has 2 amide bonds. The molecule has 0 bridgehead atoms. The number of nitrogens with one attached hydrogen (secondary N) is 1. The highest BCUT2D eigenvalue weighted by molar-refractivity contribution is 6.21. The van der Waals surface area contributed by atoms with Crippen LogP contribution < -0.4 is 5.32 Å². The van der Waals surface area contributed by atoms with E-state index in [1.807, 2.05) is 37.3 Å². The van der Waals surface area contributed by atoms with Crippen LogP contribution in [-0.2, 0) is 6.54 Å². The van der Waals surface area contributed by atoms with Gasteiger partial charge in [0.15, 0.2) is 0 Å². The molecule has 1 aliphatic heterocycles. The summed E-state index contributed by atoms with van der Waals surface area (Å²) in [6.45, 7) is 2.75. The molecule has 134 valence electrons. The van der Waals surface area contributed by atoms with Crippen molar-refractivity contribution in [2.75, 3.05) is 0 Å². The first-order chi connectivity index (χ1) is 12.6. The fourth-order valence-electron chi connectivity index (χ4n) is 4.02. The summed E-state index contributed by atoms with van der Waals surface area (Å²) in [5.41, 5.74) is 3.16. The van der Waals surface area contributed by atoms with Gasteiger partial charge >= 0.3 is 0 Å². The second-order valence-electron chi connectivity index (χ2n) is 7.18. The number of carbonyl (C=O) groups excluding carboxylic acids is 2. The van der Waals surface area contributed by atoms with Crippen LogP contribution >= 0.6 is 0 Å². The van der Waals surface area contributed by atoms with Crippen LogP contribution in [0.1, 0.15) is 57.8 Å². The summed E-state index contributed by atoms with van der Waals surface area (Å²) in [6.07, 6.45) is 3.63. The number of aromatic nitrogens is 1. The average Bonchev–Trinajstić information content (AvgIpc) is 2.92. The summed E-state index contributed by atoms with van der Waals surface area (Å²) in [4.78, 5) is 31.2. The van der Waals surface area contributed by atoms with Crippen LogP contribution in [0.4, 0.5) is 0 Å². The zero-order valence-corrected chi connectivity index (χ0v) is 14.9. The van der Waals surface area contributed by atoms with Crippen molar-refractivity contribution in [3.63, 3.8) is 0 Å². The number of hydrogen-bond acceptors (Lipinski definition) is 4. The van der Waals surface area contributed by atoms with Crippen molar-refractivity contribution >= 4 is 11.8 Å². The van der Waals surface area contributed by atoms with Gasteiger partial charge in [0, 0.05) is 24.3 Å². The highest BCUT2D eigenvalue weighted by atomic mass is 16.2. The van der Waals surface area contributed by atoms with Gasteiger partial charge in [0.05, 0.1) is 16.8 Å². The van der Waals surface area contributed by atoms with Gasteiger partial charge in [-0.3, -0.25) is 19.5 Å². The molecule has 1 N–H and O–H groups in total. The lowest BCUT2D eigenvalue weighted by molar-refractivity contribution is 0.0537. The van der Waals surface area contributed by atoms with Crippen molar-refractivity contribution in [1.29, 1.82) is 0 Å². The number of imide groups is 1. The molecule has 0 atom stereocenters. The quantitative estimate of drug-likeness (QED) is 0.862. The van der Waals surface area contributed by atoms with Gasteiger partial charge < -0.3 is 5.32 Å². The van der Waals surface area contributed by atoms with Crippen LogP contribution in [0.25, 0.3) is 0 Å². The first kappa shape index (κ1) is 16.9. The fraction of sp³-hybridized carbons (Fsp3) is 0.381. The second-order valence-corrected chi connectivity index (χ2v) is 7.18. The number of nitrogens with zero attached hydrogens (tertiary/aromatic N) is 2. The van der Waals surface area contributed by atoms with E-state index in [1.165, 1.54) is 4.90 Å². The largest absolute Gasteiger partial charge is 0.308 e. The fourth-order valence-corrected chi connectivity index (χ4v) is 4.02. The van der Waals surface area contributed by atoms with Gasteiger partial charge in [0.1, 0.15) is 0 Å². The number of fused-ring (bicyclic) bond motifs is 1. The number of aryl methyl sites for hydroxylation is 1. The first-order valence-electron chi connectivity index (χ1n) is 9.26. The van der Waals surface area contributed by atoms with Crippen molar-refractivity contribution in [2.45, 2.75) is 51.2 Å². The van der Waals surface area contributed by atoms with E-state index < -0.39 is 0 Å². The molecule has 0 unspecified atom stereocenters. The molecule has 1 aromatic heterocycles. The number of pyridine rings is 1. The molecule has 1 saturated carbocycles. The third-order valence-corrected chi connectivity index (χ3v) is 5.41. The van der Waals surface area contributed by atoms with E-state index in [1.54, 1.807) is 12.1 Å². The van der Waals surface area contributed by atoms with Crippen LogP contribution in [0.5, 0.6) is 0 Å². The Morgan fingerprint density at radius 2 is 1.62 bits per heavy atom. The normalized spacial score (nSPS) is 22.6. The molecule has 1 aliphatic carbocycles. The minimum absolute atomic E-state index is 0.0116. The van der Waals surface area contributed by atoms with Gasteiger partial charge in [0.2, 0.25) is 0 Å². The first-order valence-corrected chi connectivity index (χ1v) is 9.26. The van der Waals surface area contributed by atoms with Crippen molar-refractivity contribution in [1.82, 2.24) is 15.2 Å². The Bertz CT molecular complexity index is 806. The molecule has 0 radical (unpaired) electrons. The SMILES string of the molecule is Cc1cccc(CNC2CCC(N3C(=O)c4ccccc4C3=O)CC2)n1. The molecule has 0 saturated heterocycles. The Morgan fingerprint density at radius 1 is 0.962 bits per heavy atom. The molecule has 2 heterocycles. The zero-order valence-electron chi connectivity index (χ0n) is 14.9. The highest BCUT2D eigenvalue weighted by Gasteiger charge is 2.40. The van der Waals surface area contributed by atoms with Crippen molar-refractivity contribution < 1.29 is 9.59 Å². The Hall–Kier alpha value is -2.53. The van der Waals surface area contributed by atoms with E-state index in [0.29, 0.717) is 17.2 Å². The predicted molar refractivity (Wildman–Crippen MR) is 98.8 cm³/mol. The predicted octanol–water partition coefficient (Wildman–Crippen LogP) is 3.09. The van der Waals surface area contributed by atoms with Crippen LogP contribution in [0, 0.1) is 6.92 Å². The van der Waals surface area contributed by atoms with Gasteiger partial charge in [-0.05, 0) is 56.9 Å². The molecular weight excluding hydrogens is 326 g/mol. The average molecular weight is 349 g/mol. The molecule has 5 nitrogen and oxygen atoms in total. The standard InChI is InChI=1S/C21H23N3O2/c1-14-5-4-6-16(23-14)13-22-15-9-11-17(12-10-15)24-20(25)18-7-2-3-8-19(18)21(24)26/h2-8,15,17,22H,9-13H2,1H3. The van der Waals surface area contributed by atoms with E-state index in [2.05, 4.69) is 10.3 Å². The van der Waals surface area contributed by atoms with Gasteiger partial charge in [-0.15, -0.1) is 0 Å². The minimum atomic E-state index is -0.133. The number of amides is 2. The maximum Gasteiger partial charge on any atom is 0.261 e. The topological polar surface area (TPSA) is 62.3 Å². The minimum Gasteiger partial charge on any atom is -0.308 e. The molecule has 5 heteroatoms. The van der Waals surface area contributed by atoms with Crippen LogP contribution in [0.15, 0.2) is 42.5 Å². The summed E-state index contributed by atoms with van der Waals surface area (Å²) < 4.78 is 0. The molecule has 2 aromatic rings. The van der Waals surface area contributed by atoms with E-state index in [0.717, 1.165) is 43.6 Å². The lowest BCUT2D eigenvalue weighted by atomic mass is 9.90. The van der Waals surface area contributed by atoms with Crippen LogP contribution in [-0.4, -0.2) is 33.8 Å². The van der Waals surface area contributed by atoms with Gasteiger partial charge in [-0.2, -0.15) is 0 Å². The van der Waals surface area contributed by atoms with Crippen molar-refractivity contribution in [3.05, 3.63) is 65.0 Å². The van der Waals surface area contributed by atoms with E-state index in [9.17, 15) is 9.59 Å². The van der Waals surface area contributed by atoms with E-state index in [4.69, 9.17) is 0 Å². The molecule has 1 fully saturated rings. The Morgan fingerprint density at radius 3 is 2.23 bits per heavy atom. The zero-order chi connectivity index (χ0) is 18.1. The van der Waals surface area contributed by atoms with Gasteiger partial charge in [0.25, 0.3) is 11.8 Å². The summed E-state index contributed by atoms with van der Waals surface area (Å²) >= 11 is 0. The lowest BCUT2D eigenvalue weighted by Crippen LogP contribution is -2.45. The highest BCUT2D eigenvalue weighted by Crippen LogP contribution is 2.31. The van der Waals surface area contributed by atoms with Crippen LogP contribution in [0.3, 0.4) is 0 Å². The third-order valence-electron chi connectivity index (χ3n) is 5.41. The van der Waals surface area contributed by atoms with Crippen LogP contribution in [0.2, 0.25) is 0 Å². The van der Waals surface area contributed by atoms with Crippen molar-refractivity contribution in [2.24, 2.45) is 0 Å². The summed E-state index contributed by atoms with van der Waals surface area (Å²) in [5, 5.41) is 3.56. The second kappa shape index (κ2) is 7.00. The van der Waals surface area contributed by atoms with Crippen molar-refractivity contribution in [3.8, 4) is 0 Å². The summed E-state index contributed by atoms with van der Waals surface area (Å²) in [5.74, 6) is -0.267. The monoisotopic (exact) mass is 349 g/mol. The van der Waals surface area contributed by atoms with Gasteiger partial charge in [-0.1, -0.05) is 18.2 Å². The molecule has 1 aromatic carbocycles. The molecule has 2 aliphatic rings. The Labute approximate surface area is 153 Å². The molecule has 0 spiro atoms. The van der Waals surface area contributed by atoms with E-state index >= 15 is 0 Å². The molecule has 26 heavy (non-hydrogen) atoms. The lowest BCUT2D eigenvalue weighted by Gasteiger charge is -2.33.